The number of carbonyl (C=O) groups is 5. The average molecular weight is 484 g/mol. The zero-order valence-corrected chi connectivity index (χ0v) is 18.6. The van der Waals surface area contributed by atoms with Crippen LogP contribution in [0.1, 0.15) is 42.2 Å². The third-order valence-corrected chi connectivity index (χ3v) is 4.41. The molecule has 0 heterocycles. The van der Waals surface area contributed by atoms with Crippen molar-refractivity contribution >= 4 is 29.8 Å². The van der Waals surface area contributed by atoms with Gasteiger partial charge in [0.1, 0.15) is 0 Å². The highest BCUT2D eigenvalue weighted by atomic mass is 16.5. The van der Waals surface area contributed by atoms with E-state index in [1.165, 1.54) is 24.3 Å². The van der Waals surface area contributed by atoms with Crippen molar-refractivity contribution < 1.29 is 48.8 Å². The second kappa shape index (κ2) is 14.4. The Hall–Kier alpha value is -4.73. The maximum Gasteiger partial charge on any atom is 0.336 e. The zero-order valence-electron chi connectivity index (χ0n) is 18.6. The highest BCUT2D eigenvalue weighted by molar-refractivity contribution is 6.02. The molecule has 0 bridgehead atoms. The molecule has 0 spiro atoms. The van der Waals surface area contributed by atoms with Gasteiger partial charge in [0.15, 0.2) is 0 Å². The number of hydrogen-bond donors (Lipinski definition) is 3. The topological polar surface area (TPSA) is 165 Å². The minimum atomic E-state index is -1.33. The summed E-state index contributed by atoms with van der Waals surface area (Å²) in [6.07, 6.45) is 2.55. The number of rotatable bonds is 11. The number of aromatic carboxylic acids is 3. The van der Waals surface area contributed by atoms with Gasteiger partial charge in [-0.25, -0.2) is 24.0 Å². The van der Waals surface area contributed by atoms with E-state index in [0.29, 0.717) is 17.5 Å². The predicted octanol–water partition coefficient (Wildman–Crippen LogP) is 3.01. The van der Waals surface area contributed by atoms with E-state index in [-0.39, 0.29) is 36.3 Å². The van der Waals surface area contributed by atoms with Crippen LogP contribution in [0.2, 0.25) is 0 Å². The van der Waals surface area contributed by atoms with Gasteiger partial charge in [0.05, 0.1) is 29.9 Å². The molecule has 0 unspecified atom stereocenters. The molecule has 0 atom stereocenters. The van der Waals surface area contributed by atoms with Gasteiger partial charge in [-0.3, -0.25) is 0 Å². The summed E-state index contributed by atoms with van der Waals surface area (Å²) in [5, 5.41) is 26.9. The van der Waals surface area contributed by atoms with E-state index in [4.69, 9.17) is 24.8 Å². The number of carboxylic acid groups (broad SMARTS) is 3. The summed E-state index contributed by atoms with van der Waals surface area (Å²) in [5.41, 5.74) is 0.595. The molecule has 0 aliphatic rings. The van der Waals surface area contributed by atoms with E-state index < -0.39 is 29.8 Å². The summed E-state index contributed by atoms with van der Waals surface area (Å²) in [5.74, 6) is -4.75. The molecule has 2 aromatic rings. The highest BCUT2D eigenvalue weighted by Gasteiger charge is 2.19. The Balaban J connectivity index is 0.000000355. The van der Waals surface area contributed by atoms with Crippen molar-refractivity contribution in [2.45, 2.75) is 12.8 Å². The molecule has 0 aliphatic heterocycles. The van der Waals surface area contributed by atoms with E-state index in [2.05, 4.69) is 13.2 Å². The molecule has 2 rings (SSSR count). The van der Waals surface area contributed by atoms with Crippen LogP contribution in [-0.2, 0) is 31.9 Å². The van der Waals surface area contributed by atoms with E-state index in [1.807, 2.05) is 0 Å². The van der Waals surface area contributed by atoms with Crippen LogP contribution in [0.4, 0.5) is 0 Å². The Bertz CT molecular complexity index is 1120. The number of benzene rings is 2. The van der Waals surface area contributed by atoms with Gasteiger partial charge in [0.25, 0.3) is 0 Å². The number of ether oxygens (including phenoxy) is 2. The van der Waals surface area contributed by atoms with Crippen LogP contribution in [0.15, 0.2) is 67.8 Å². The molecule has 0 aliphatic carbocycles. The lowest BCUT2D eigenvalue weighted by atomic mass is 9.99. The van der Waals surface area contributed by atoms with Crippen LogP contribution in [0, 0.1) is 0 Å². The summed E-state index contributed by atoms with van der Waals surface area (Å²) in [6, 6.07) is 10.8. The van der Waals surface area contributed by atoms with E-state index >= 15 is 0 Å². The minimum Gasteiger partial charge on any atom is -0.478 e. The molecular formula is C25H24O10. The number of esters is 2. The van der Waals surface area contributed by atoms with Gasteiger partial charge >= 0.3 is 29.8 Å². The first kappa shape index (κ1) is 28.3. The molecule has 35 heavy (non-hydrogen) atoms. The van der Waals surface area contributed by atoms with Crippen LogP contribution in [0.3, 0.4) is 0 Å². The normalized spacial score (nSPS) is 9.60. The molecule has 0 saturated carbocycles. The van der Waals surface area contributed by atoms with Crippen molar-refractivity contribution in [3.63, 3.8) is 0 Å². The third kappa shape index (κ3) is 9.34. The largest absolute Gasteiger partial charge is 0.478 e. The van der Waals surface area contributed by atoms with E-state index in [1.54, 1.807) is 18.2 Å². The summed E-state index contributed by atoms with van der Waals surface area (Å²) >= 11 is 0. The van der Waals surface area contributed by atoms with Crippen molar-refractivity contribution in [3.8, 4) is 0 Å². The second-order valence-corrected chi connectivity index (χ2v) is 6.66. The molecule has 3 N–H and O–H groups in total. The molecular weight excluding hydrogens is 460 g/mol. The molecule has 0 fully saturated rings. The van der Waals surface area contributed by atoms with Crippen LogP contribution < -0.4 is 0 Å². The number of hydrogen-bond acceptors (Lipinski definition) is 7. The monoisotopic (exact) mass is 484 g/mol. The van der Waals surface area contributed by atoms with Crippen molar-refractivity contribution in [2.75, 3.05) is 13.2 Å². The maximum atomic E-state index is 11.1. The standard InChI is InChI=1S/C13H12O6.C12H12O4/c1-2-10(14)19-7-6-8-4-3-5-9(12(15)16)11(8)13(17)18;1-2-11(13)16-8-7-9-5-3-4-6-10(9)12(14)15/h2-5H,1,6-7H2,(H,15,16)(H,17,18);2-6H,1,7-8H2,(H,14,15). The maximum absolute atomic E-state index is 11.1. The smallest absolute Gasteiger partial charge is 0.336 e. The van der Waals surface area contributed by atoms with Crippen LogP contribution >= 0.6 is 0 Å². The second-order valence-electron chi connectivity index (χ2n) is 6.66. The third-order valence-electron chi connectivity index (χ3n) is 4.41. The molecule has 10 heteroatoms. The molecule has 2 aromatic carbocycles. The van der Waals surface area contributed by atoms with Gasteiger partial charge in [-0.1, -0.05) is 43.5 Å². The molecule has 0 aromatic heterocycles. The Morgan fingerprint density at radius 2 is 1.11 bits per heavy atom. The van der Waals surface area contributed by atoms with Gasteiger partial charge < -0.3 is 24.8 Å². The predicted molar refractivity (Wildman–Crippen MR) is 123 cm³/mol. The minimum absolute atomic E-state index is 0.0474. The van der Waals surface area contributed by atoms with Crippen molar-refractivity contribution in [2.24, 2.45) is 0 Å². The van der Waals surface area contributed by atoms with Crippen LogP contribution in [0.25, 0.3) is 0 Å². The molecule has 184 valence electrons. The highest BCUT2D eigenvalue weighted by Crippen LogP contribution is 2.16. The molecule has 0 amide bonds. The Kier molecular flexibility index (Phi) is 11.7. The SMILES string of the molecule is C=CC(=O)OCCc1cccc(C(=O)O)c1C(=O)O.C=CC(=O)OCCc1ccccc1C(=O)O. The Morgan fingerprint density at radius 1 is 0.657 bits per heavy atom. The van der Waals surface area contributed by atoms with Crippen LogP contribution in [-0.4, -0.2) is 58.4 Å². The fourth-order valence-corrected chi connectivity index (χ4v) is 2.83. The molecule has 0 radical (unpaired) electrons. The zero-order chi connectivity index (χ0) is 26.4. The lowest BCUT2D eigenvalue weighted by Gasteiger charge is -2.09. The summed E-state index contributed by atoms with van der Waals surface area (Å²) in [7, 11) is 0. The first-order valence-electron chi connectivity index (χ1n) is 10.1. The average Bonchev–Trinajstić information content (AvgIpc) is 2.83. The summed E-state index contributed by atoms with van der Waals surface area (Å²) in [4.78, 5) is 54.5. The van der Waals surface area contributed by atoms with E-state index in [9.17, 15) is 24.0 Å². The lowest BCUT2D eigenvalue weighted by molar-refractivity contribution is -0.138. The molecule has 0 saturated heterocycles. The van der Waals surface area contributed by atoms with Gasteiger partial charge in [-0.15, -0.1) is 0 Å². The fourth-order valence-electron chi connectivity index (χ4n) is 2.83. The summed E-state index contributed by atoms with van der Waals surface area (Å²) < 4.78 is 9.51. The first-order valence-corrected chi connectivity index (χ1v) is 10.1. The van der Waals surface area contributed by atoms with Gasteiger partial charge in [-0.05, 0) is 23.3 Å². The van der Waals surface area contributed by atoms with Crippen molar-refractivity contribution in [1.29, 1.82) is 0 Å². The Labute approximate surface area is 200 Å². The lowest BCUT2D eigenvalue weighted by Crippen LogP contribution is -2.13. The quantitative estimate of drug-likeness (QED) is 0.319. The molecule has 10 nitrogen and oxygen atoms in total. The van der Waals surface area contributed by atoms with Crippen molar-refractivity contribution in [3.05, 3.63) is 95.6 Å². The van der Waals surface area contributed by atoms with Gasteiger partial charge in [0.2, 0.25) is 0 Å². The van der Waals surface area contributed by atoms with Crippen LogP contribution in [0.5, 0.6) is 0 Å². The number of carboxylic acids is 3. The van der Waals surface area contributed by atoms with Crippen molar-refractivity contribution in [1.82, 2.24) is 0 Å². The van der Waals surface area contributed by atoms with E-state index in [0.717, 1.165) is 12.2 Å². The fraction of sp³-hybridized carbons (Fsp3) is 0.160. The number of carbonyl (C=O) groups excluding carboxylic acids is 2. The van der Waals surface area contributed by atoms with Gasteiger partial charge in [-0.2, -0.15) is 0 Å². The Morgan fingerprint density at radius 3 is 1.60 bits per heavy atom. The summed E-state index contributed by atoms with van der Waals surface area (Å²) in [6.45, 7) is 6.59. The van der Waals surface area contributed by atoms with Gasteiger partial charge in [0, 0.05) is 25.0 Å². The first-order chi connectivity index (χ1) is 16.6.